The Balaban J connectivity index is 1.75. The van der Waals surface area contributed by atoms with E-state index in [9.17, 15) is 12.8 Å². The van der Waals surface area contributed by atoms with E-state index >= 15 is 0 Å². The van der Waals surface area contributed by atoms with Gasteiger partial charge in [-0.2, -0.15) is 4.98 Å². The molecular weight excluding hydrogens is 397 g/mol. The van der Waals surface area contributed by atoms with E-state index in [1.165, 1.54) is 18.7 Å². The van der Waals surface area contributed by atoms with Gasteiger partial charge in [0.1, 0.15) is 16.5 Å². The summed E-state index contributed by atoms with van der Waals surface area (Å²) >= 11 is 0. The Kier molecular flexibility index (Phi) is 5.72. The number of benzene rings is 2. The summed E-state index contributed by atoms with van der Waals surface area (Å²) in [5.74, 6) is -0.226. The molecule has 0 aliphatic carbocycles. The maximum absolute atomic E-state index is 13.5. The van der Waals surface area contributed by atoms with Crippen LogP contribution in [0.4, 0.5) is 4.39 Å². The van der Waals surface area contributed by atoms with Crippen LogP contribution in [0.1, 0.15) is 32.2 Å². The number of nitrogens with one attached hydrogen (secondary N) is 1. The highest BCUT2D eigenvalue weighted by molar-refractivity contribution is 7.89. The molecule has 9 heteroatoms. The zero-order valence-electron chi connectivity index (χ0n) is 16.6. The molecule has 2 aromatic carbocycles. The zero-order chi connectivity index (χ0) is 21.2. The lowest BCUT2D eigenvalue weighted by molar-refractivity contribution is 0.375. The van der Waals surface area contributed by atoms with E-state index in [2.05, 4.69) is 35.6 Å². The van der Waals surface area contributed by atoms with E-state index in [1.54, 1.807) is 0 Å². The summed E-state index contributed by atoms with van der Waals surface area (Å²) in [4.78, 5) is 3.91. The van der Waals surface area contributed by atoms with Crippen LogP contribution in [0.2, 0.25) is 0 Å². The van der Waals surface area contributed by atoms with Crippen LogP contribution in [0, 0.1) is 5.82 Å². The van der Waals surface area contributed by atoms with Crippen molar-refractivity contribution in [1.29, 1.82) is 0 Å². The van der Waals surface area contributed by atoms with Crippen molar-refractivity contribution in [3.63, 3.8) is 0 Å². The maximum Gasteiger partial charge on any atom is 0.244 e. The minimum Gasteiger partial charge on any atom is -0.495 e. The SMILES string of the molecule is COc1ccc(F)cc1S(=O)(=O)NCc1nc(-c2ccc(C(C)(C)C)cc2)no1. The number of methoxy groups -OCH3 is 1. The van der Waals surface area contributed by atoms with Gasteiger partial charge < -0.3 is 9.26 Å². The molecule has 29 heavy (non-hydrogen) atoms. The van der Waals surface area contributed by atoms with Crippen molar-refractivity contribution in [2.75, 3.05) is 7.11 Å². The van der Waals surface area contributed by atoms with Gasteiger partial charge in [-0.3, -0.25) is 0 Å². The lowest BCUT2D eigenvalue weighted by Gasteiger charge is -2.18. The number of ether oxygens (including phenoxy) is 1. The van der Waals surface area contributed by atoms with Crippen LogP contribution in [0.3, 0.4) is 0 Å². The van der Waals surface area contributed by atoms with Crippen LogP contribution in [0.25, 0.3) is 11.4 Å². The van der Waals surface area contributed by atoms with Crippen molar-refractivity contribution in [1.82, 2.24) is 14.9 Å². The fraction of sp³-hybridized carbons (Fsp3) is 0.300. The molecule has 0 saturated carbocycles. The standard InChI is InChI=1S/C20H22FN3O4S/c1-20(2,3)14-7-5-13(6-8-14)19-23-18(28-24-19)12-22-29(25,26)17-11-15(21)9-10-16(17)27-4/h5-11,22H,12H2,1-4H3. The first-order chi connectivity index (χ1) is 13.6. The Hall–Kier alpha value is -2.78. The van der Waals surface area contributed by atoms with Crippen molar-refractivity contribution in [2.45, 2.75) is 37.6 Å². The minimum absolute atomic E-state index is 0.0250. The quantitative estimate of drug-likeness (QED) is 0.655. The largest absolute Gasteiger partial charge is 0.495 e. The van der Waals surface area contributed by atoms with Crippen LogP contribution < -0.4 is 9.46 Å². The Labute approximate surface area is 169 Å². The van der Waals surface area contributed by atoms with Gasteiger partial charge in [-0.15, -0.1) is 0 Å². The molecule has 3 aromatic rings. The van der Waals surface area contributed by atoms with Crippen molar-refractivity contribution < 1.29 is 22.1 Å². The highest BCUT2D eigenvalue weighted by Gasteiger charge is 2.22. The van der Waals surface area contributed by atoms with Gasteiger partial charge in [0.2, 0.25) is 21.7 Å². The Bertz CT molecular complexity index is 1100. The van der Waals surface area contributed by atoms with E-state index in [0.29, 0.717) is 5.82 Å². The topological polar surface area (TPSA) is 94.3 Å². The maximum atomic E-state index is 13.5. The highest BCUT2D eigenvalue weighted by Crippen LogP contribution is 2.26. The normalized spacial score (nSPS) is 12.2. The Morgan fingerprint density at radius 2 is 1.83 bits per heavy atom. The fourth-order valence-electron chi connectivity index (χ4n) is 2.66. The minimum atomic E-state index is -4.04. The summed E-state index contributed by atoms with van der Waals surface area (Å²) in [6.45, 7) is 6.12. The Morgan fingerprint density at radius 1 is 1.14 bits per heavy atom. The molecule has 7 nitrogen and oxygen atoms in total. The fourth-order valence-corrected chi connectivity index (χ4v) is 3.81. The monoisotopic (exact) mass is 419 g/mol. The molecule has 0 amide bonds. The summed E-state index contributed by atoms with van der Waals surface area (Å²) in [6, 6.07) is 11.0. The molecular formula is C20H22FN3O4S. The molecule has 0 radical (unpaired) electrons. The number of rotatable bonds is 6. The summed E-state index contributed by atoms with van der Waals surface area (Å²) in [5.41, 5.74) is 1.95. The van der Waals surface area contributed by atoms with Gasteiger partial charge >= 0.3 is 0 Å². The smallest absolute Gasteiger partial charge is 0.244 e. The molecule has 1 heterocycles. The van der Waals surface area contributed by atoms with Crippen LogP contribution >= 0.6 is 0 Å². The molecule has 154 valence electrons. The summed E-state index contributed by atoms with van der Waals surface area (Å²) in [6.07, 6.45) is 0. The lowest BCUT2D eigenvalue weighted by atomic mass is 9.87. The lowest BCUT2D eigenvalue weighted by Crippen LogP contribution is -2.24. The molecule has 0 atom stereocenters. The Morgan fingerprint density at radius 3 is 2.45 bits per heavy atom. The molecule has 0 aliphatic heterocycles. The van der Waals surface area contributed by atoms with Crippen LogP contribution in [-0.4, -0.2) is 25.7 Å². The molecule has 0 unspecified atom stereocenters. The van der Waals surface area contributed by atoms with E-state index < -0.39 is 15.8 Å². The summed E-state index contributed by atoms with van der Waals surface area (Å²) < 4.78 is 50.9. The average molecular weight is 419 g/mol. The molecule has 0 fully saturated rings. The predicted octanol–water partition coefficient (Wildman–Crippen LogP) is 3.66. The number of hydrogen-bond donors (Lipinski definition) is 1. The third-order valence-electron chi connectivity index (χ3n) is 4.31. The first-order valence-corrected chi connectivity index (χ1v) is 10.4. The molecule has 0 saturated heterocycles. The van der Waals surface area contributed by atoms with Crippen molar-refractivity contribution in [3.05, 3.63) is 59.7 Å². The van der Waals surface area contributed by atoms with Crippen LogP contribution in [0.5, 0.6) is 5.75 Å². The van der Waals surface area contributed by atoms with E-state index in [-0.39, 0.29) is 28.5 Å². The second-order valence-corrected chi connectivity index (χ2v) is 9.19. The predicted molar refractivity (Wildman–Crippen MR) is 105 cm³/mol. The second kappa shape index (κ2) is 7.92. The first kappa shape index (κ1) is 20.9. The molecule has 0 bridgehead atoms. The number of halogens is 1. The van der Waals surface area contributed by atoms with Gasteiger partial charge in [0, 0.05) is 5.56 Å². The van der Waals surface area contributed by atoms with Gasteiger partial charge in [-0.25, -0.2) is 17.5 Å². The highest BCUT2D eigenvalue weighted by atomic mass is 32.2. The van der Waals surface area contributed by atoms with Crippen LogP contribution in [-0.2, 0) is 22.0 Å². The molecule has 0 spiro atoms. The van der Waals surface area contributed by atoms with Crippen molar-refractivity contribution in [3.8, 4) is 17.1 Å². The summed E-state index contributed by atoms with van der Waals surface area (Å²) in [7, 11) is -2.74. The number of nitrogens with zero attached hydrogens (tertiary/aromatic N) is 2. The second-order valence-electron chi connectivity index (χ2n) is 7.46. The first-order valence-electron chi connectivity index (χ1n) is 8.87. The van der Waals surface area contributed by atoms with Crippen LogP contribution in [0.15, 0.2) is 51.9 Å². The van der Waals surface area contributed by atoms with E-state index in [0.717, 1.165) is 17.7 Å². The molecule has 1 aromatic heterocycles. The third kappa shape index (κ3) is 4.80. The number of hydrogen-bond acceptors (Lipinski definition) is 6. The zero-order valence-corrected chi connectivity index (χ0v) is 17.4. The number of sulfonamides is 1. The van der Waals surface area contributed by atoms with E-state index in [1.807, 2.05) is 24.3 Å². The van der Waals surface area contributed by atoms with Gasteiger partial charge in [-0.1, -0.05) is 50.2 Å². The van der Waals surface area contributed by atoms with Gasteiger partial charge in [0.05, 0.1) is 13.7 Å². The average Bonchev–Trinajstić information content (AvgIpc) is 3.15. The number of aromatic nitrogens is 2. The van der Waals surface area contributed by atoms with Gasteiger partial charge in [-0.05, 0) is 29.2 Å². The van der Waals surface area contributed by atoms with E-state index in [4.69, 9.17) is 9.26 Å². The molecule has 1 N–H and O–H groups in total. The van der Waals surface area contributed by atoms with Crippen molar-refractivity contribution >= 4 is 10.0 Å². The van der Waals surface area contributed by atoms with Gasteiger partial charge in [0.25, 0.3) is 0 Å². The van der Waals surface area contributed by atoms with Crippen molar-refractivity contribution in [2.24, 2.45) is 0 Å². The molecule has 3 rings (SSSR count). The third-order valence-corrected chi connectivity index (χ3v) is 5.73. The summed E-state index contributed by atoms with van der Waals surface area (Å²) in [5, 5.41) is 3.89. The van der Waals surface area contributed by atoms with Gasteiger partial charge in [0.15, 0.2) is 0 Å². The molecule has 0 aliphatic rings.